The molecule has 140 valence electrons. The molecule has 0 bridgehead atoms. The number of carbonyl (C=O) groups excluding carboxylic acids is 2. The fourth-order valence-corrected chi connectivity index (χ4v) is 3.59. The smallest absolute Gasteiger partial charge is 0.306 e. The molecule has 2 aliphatic rings. The second-order valence-corrected chi connectivity index (χ2v) is 6.83. The maximum atomic E-state index is 12.2. The minimum atomic E-state index is -0.765. The fourth-order valence-electron chi connectivity index (χ4n) is 3.59. The summed E-state index contributed by atoms with van der Waals surface area (Å²) in [6, 6.07) is 7.42. The van der Waals surface area contributed by atoms with Crippen molar-refractivity contribution in [3.8, 4) is 5.75 Å². The molecule has 3 rings (SSSR count). The van der Waals surface area contributed by atoms with E-state index in [2.05, 4.69) is 5.32 Å². The average molecular weight is 360 g/mol. The molecular formula is C19H24N2O5. The Hall–Kier alpha value is -2.57. The van der Waals surface area contributed by atoms with Crippen LogP contribution in [0.1, 0.15) is 32.1 Å². The zero-order valence-electron chi connectivity index (χ0n) is 14.6. The standard InChI is InChI=1S/C19H24N2O5/c22-17-12-26-16-5-2-1-4-15(16)21(17)11-3-10-20-18(23)13-6-8-14(9-7-13)19(24)25/h1-2,4-5,13-14H,3,6-12H2,(H,20,23)(H,24,25). The molecule has 1 heterocycles. The van der Waals surface area contributed by atoms with Crippen molar-refractivity contribution in [1.29, 1.82) is 0 Å². The predicted molar refractivity (Wildman–Crippen MR) is 95.0 cm³/mol. The highest BCUT2D eigenvalue weighted by molar-refractivity contribution is 5.97. The summed E-state index contributed by atoms with van der Waals surface area (Å²) in [5, 5.41) is 11.9. The Bertz CT molecular complexity index is 682. The molecule has 1 aliphatic heterocycles. The quantitative estimate of drug-likeness (QED) is 0.754. The first-order chi connectivity index (χ1) is 12.6. The fraction of sp³-hybridized carbons (Fsp3) is 0.526. The molecule has 0 radical (unpaired) electrons. The highest BCUT2D eigenvalue weighted by atomic mass is 16.5. The number of hydrogen-bond acceptors (Lipinski definition) is 4. The van der Waals surface area contributed by atoms with E-state index in [1.165, 1.54) is 0 Å². The number of amides is 2. The number of carbonyl (C=O) groups is 3. The molecule has 0 spiro atoms. The number of benzene rings is 1. The van der Waals surface area contributed by atoms with Crippen LogP contribution in [0, 0.1) is 11.8 Å². The molecule has 2 amide bonds. The molecule has 1 fully saturated rings. The Labute approximate surface area is 152 Å². The summed E-state index contributed by atoms with van der Waals surface area (Å²) in [6.45, 7) is 1.05. The zero-order valence-corrected chi connectivity index (χ0v) is 14.6. The van der Waals surface area contributed by atoms with Gasteiger partial charge in [0.15, 0.2) is 6.61 Å². The molecule has 1 aromatic rings. The average Bonchev–Trinajstić information content (AvgIpc) is 2.66. The number of nitrogens with zero attached hydrogens (tertiary/aromatic N) is 1. The van der Waals surface area contributed by atoms with Gasteiger partial charge < -0.3 is 20.1 Å². The van der Waals surface area contributed by atoms with Gasteiger partial charge in [-0.3, -0.25) is 14.4 Å². The van der Waals surface area contributed by atoms with Gasteiger partial charge in [-0.15, -0.1) is 0 Å². The molecule has 0 saturated heterocycles. The maximum absolute atomic E-state index is 12.2. The van der Waals surface area contributed by atoms with E-state index in [1.54, 1.807) is 4.90 Å². The lowest BCUT2D eigenvalue weighted by molar-refractivity contribution is -0.144. The molecule has 7 heteroatoms. The van der Waals surface area contributed by atoms with E-state index in [9.17, 15) is 14.4 Å². The van der Waals surface area contributed by atoms with E-state index >= 15 is 0 Å². The van der Waals surface area contributed by atoms with Crippen LogP contribution in [0.5, 0.6) is 5.75 Å². The molecule has 0 unspecified atom stereocenters. The number of rotatable bonds is 6. The van der Waals surface area contributed by atoms with Crippen molar-refractivity contribution in [1.82, 2.24) is 5.32 Å². The van der Waals surface area contributed by atoms with Crippen LogP contribution in [-0.2, 0) is 14.4 Å². The maximum Gasteiger partial charge on any atom is 0.306 e. The second-order valence-electron chi connectivity index (χ2n) is 6.83. The van der Waals surface area contributed by atoms with Crippen LogP contribution >= 0.6 is 0 Å². The van der Waals surface area contributed by atoms with Gasteiger partial charge in [0.2, 0.25) is 5.91 Å². The van der Waals surface area contributed by atoms with Crippen molar-refractivity contribution in [3.05, 3.63) is 24.3 Å². The van der Waals surface area contributed by atoms with E-state index < -0.39 is 5.97 Å². The van der Waals surface area contributed by atoms with Crippen molar-refractivity contribution in [2.75, 3.05) is 24.6 Å². The van der Waals surface area contributed by atoms with E-state index in [0.717, 1.165) is 5.69 Å². The number of carboxylic acid groups (broad SMARTS) is 1. The summed E-state index contributed by atoms with van der Waals surface area (Å²) < 4.78 is 5.41. The molecule has 7 nitrogen and oxygen atoms in total. The van der Waals surface area contributed by atoms with Gasteiger partial charge in [0, 0.05) is 19.0 Å². The summed E-state index contributed by atoms with van der Waals surface area (Å²) in [5.41, 5.74) is 0.766. The number of para-hydroxylation sites is 2. The van der Waals surface area contributed by atoms with Crippen molar-refractivity contribution < 1.29 is 24.2 Å². The second kappa shape index (κ2) is 8.21. The topological polar surface area (TPSA) is 95.9 Å². The van der Waals surface area contributed by atoms with Crippen LogP contribution in [0.2, 0.25) is 0 Å². The molecular weight excluding hydrogens is 336 g/mol. The molecule has 1 aromatic carbocycles. The van der Waals surface area contributed by atoms with E-state index in [1.807, 2.05) is 24.3 Å². The molecule has 26 heavy (non-hydrogen) atoms. The predicted octanol–water partition coefficient (Wildman–Crippen LogP) is 1.81. The summed E-state index contributed by atoms with van der Waals surface area (Å²) in [7, 11) is 0. The zero-order chi connectivity index (χ0) is 18.5. The summed E-state index contributed by atoms with van der Waals surface area (Å²) in [6.07, 6.45) is 3.02. The van der Waals surface area contributed by atoms with Gasteiger partial charge in [0.1, 0.15) is 5.75 Å². The lowest BCUT2D eigenvalue weighted by Gasteiger charge is -2.29. The largest absolute Gasteiger partial charge is 0.482 e. The lowest BCUT2D eigenvalue weighted by atomic mass is 9.81. The van der Waals surface area contributed by atoms with Crippen molar-refractivity contribution in [2.45, 2.75) is 32.1 Å². The Morgan fingerprint density at radius 1 is 1.15 bits per heavy atom. The van der Waals surface area contributed by atoms with Gasteiger partial charge in [0.05, 0.1) is 11.6 Å². The Morgan fingerprint density at radius 2 is 1.85 bits per heavy atom. The molecule has 2 N–H and O–H groups in total. The van der Waals surface area contributed by atoms with Crippen LogP contribution in [0.4, 0.5) is 5.69 Å². The molecule has 0 aromatic heterocycles. The van der Waals surface area contributed by atoms with Crippen molar-refractivity contribution >= 4 is 23.5 Å². The lowest BCUT2D eigenvalue weighted by Crippen LogP contribution is -2.41. The summed E-state index contributed by atoms with van der Waals surface area (Å²) >= 11 is 0. The number of fused-ring (bicyclic) bond motifs is 1. The van der Waals surface area contributed by atoms with Crippen LogP contribution in [0.25, 0.3) is 0 Å². The monoisotopic (exact) mass is 360 g/mol. The minimum absolute atomic E-state index is 0.0115. The highest BCUT2D eigenvalue weighted by Gasteiger charge is 2.29. The van der Waals surface area contributed by atoms with Crippen LogP contribution in [-0.4, -0.2) is 42.6 Å². The Morgan fingerprint density at radius 3 is 2.58 bits per heavy atom. The van der Waals surface area contributed by atoms with Crippen molar-refractivity contribution in [2.24, 2.45) is 11.8 Å². The third-order valence-electron chi connectivity index (χ3n) is 5.11. The Kier molecular flexibility index (Phi) is 5.75. The first-order valence-corrected chi connectivity index (χ1v) is 9.09. The molecule has 0 atom stereocenters. The summed E-state index contributed by atoms with van der Waals surface area (Å²) in [4.78, 5) is 37.0. The third kappa shape index (κ3) is 4.15. The molecule has 1 saturated carbocycles. The van der Waals surface area contributed by atoms with Gasteiger partial charge in [-0.05, 0) is 44.2 Å². The van der Waals surface area contributed by atoms with Gasteiger partial charge in [-0.2, -0.15) is 0 Å². The number of carboxylic acids is 1. The van der Waals surface area contributed by atoms with Gasteiger partial charge in [-0.1, -0.05) is 12.1 Å². The van der Waals surface area contributed by atoms with E-state index in [4.69, 9.17) is 9.84 Å². The van der Waals surface area contributed by atoms with Crippen LogP contribution in [0.3, 0.4) is 0 Å². The SMILES string of the molecule is O=C(O)C1CCC(C(=O)NCCCN2C(=O)COc3ccccc32)CC1. The van der Waals surface area contributed by atoms with Gasteiger partial charge in [0.25, 0.3) is 5.91 Å². The van der Waals surface area contributed by atoms with Crippen LogP contribution < -0.4 is 15.0 Å². The first kappa shape index (κ1) is 18.2. The van der Waals surface area contributed by atoms with Crippen LogP contribution in [0.15, 0.2) is 24.3 Å². The van der Waals surface area contributed by atoms with Gasteiger partial charge in [-0.25, -0.2) is 0 Å². The highest BCUT2D eigenvalue weighted by Crippen LogP contribution is 2.31. The van der Waals surface area contributed by atoms with E-state index in [-0.39, 0.29) is 30.3 Å². The normalized spacial score (nSPS) is 22.3. The third-order valence-corrected chi connectivity index (χ3v) is 5.11. The molecule has 1 aliphatic carbocycles. The minimum Gasteiger partial charge on any atom is -0.482 e. The first-order valence-electron chi connectivity index (χ1n) is 9.09. The number of aliphatic carboxylic acids is 1. The number of hydrogen-bond donors (Lipinski definition) is 2. The number of nitrogens with one attached hydrogen (secondary N) is 1. The van der Waals surface area contributed by atoms with Gasteiger partial charge >= 0.3 is 5.97 Å². The van der Waals surface area contributed by atoms with E-state index in [0.29, 0.717) is 50.9 Å². The summed E-state index contributed by atoms with van der Waals surface area (Å²) in [5.74, 6) is -0.571. The van der Waals surface area contributed by atoms with Crippen molar-refractivity contribution in [3.63, 3.8) is 0 Å². The number of anilines is 1. The number of ether oxygens (including phenoxy) is 1. The Balaban J connectivity index is 1.42.